The highest BCUT2D eigenvalue weighted by atomic mass is 35.5. The number of rotatable bonds is 4. The topological polar surface area (TPSA) is 74.3 Å². The molecule has 0 fully saturated rings. The third kappa shape index (κ3) is 4.19. The first-order valence-electron chi connectivity index (χ1n) is 6.26. The highest BCUT2D eigenvalue weighted by Gasteiger charge is 2.14. The molecule has 0 aliphatic heterocycles. The van der Waals surface area contributed by atoms with Gasteiger partial charge in [0.25, 0.3) is 0 Å². The molecule has 2 rings (SSSR count). The maximum Gasteiger partial charge on any atom is 0.331 e. The van der Waals surface area contributed by atoms with Crippen molar-refractivity contribution in [3.63, 3.8) is 0 Å². The zero-order valence-corrected chi connectivity index (χ0v) is 14.6. The number of halogens is 1. The fourth-order valence-corrected chi connectivity index (χ4v) is 3.25. The van der Waals surface area contributed by atoms with Crippen molar-refractivity contribution in [2.45, 2.75) is 11.8 Å². The van der Waals surface area contributed by atoms with Crippen molar-refractivity contribution < 1.29 is 9.00 Å². The Kier molecular flexibility index (Phi) is 5.38. The van der Waals surface area contributed by atoms with E-state index in [2.05, 4.69) is 15.0 Å². The molecule has 0 saturated heterocycles. The first-order chi connectivity index (χ1) is 10.4. The van der Waals surface area contributed by atoms with Crippen LogP contribution in [0.3, 0.4) is 0 Å². The van der Waals surface area contributed by atoms with E-state index >= 15 is 0 Å². The molecule has 0 saturated carbocycles. The molecule has 2 N–H and O–H groups in total. The van der Waals surface area contributed by atoms with Crippen molar-refractivity contribution >= 4 is 50.1 Å². The monoisotopic (exact) mass is 358 g/mol. The molecule has 1 unspecified atom stereocenters. The molecule has 9 heteroatoms. The number of aryl methyl sites for hydroxylation is 1. The van der Waals surface area contributed by atoms with Gasteiger partial charge in [0.1, 0.15) is 5.00 Å². The molecule has 0 radical (unpaired) electrons. The molecular formula is C13H15ClN4O2S2. The van der Waals surface area contributed by atoms with E-state index in [4.69, 9.17) is 11.6 Å². The lowest BCUT2D eigenvalue weighted by Gasteiger charge is -2.06. The van der Waals surface area contributed by atoms with Gasteiger partial charge in [-0.3, -0.25) is 10.0 Å². The molecule has 2 amide bonds. The molecule has 1 heterocycles. The van der Waals surface area contributed by atoms with Gasteiger partial charge in [-0.05, 0) is 31.2 Å². The Hall–Kier alpha value is -1.64. The molecule has 6 nitrogen and oxygen atoms in total. The van der Waals surface area contributed by atoms with Gasteiger partial charge in [-0.25, -0.2) is 14.0 Å². The summed E-state index contributed by atoms with van der Waals surface area (Å²) in [5.74, 6) is 0. The van der Waals surface area contributed by atoms with Crippen molar-refractivity contribution in [2.24, 2.45) is 0 Å². The third-order valence-electron chi connectivity index (χ3n) is 2.61. The van der Waals surface area contributed by atoms with E-state index in [0.717, 1.165) is 5.13 Å². The summed E-state index contributed by atoms with van der Waals surface area (Å²) < 4.78 is 14.4. The highest BCUT2D eigenvalue weighted by Crippen LogP contribution is 2.29. The number of aromatic nitrogens is 1. The van der Waals surface area contributed by atoms with E-state index in [-0.39, 0.29) is 0 Å². The van der Waals surface area contributed by atoms with E-state index in [9.17, 15) is 9.00 Å². The molecule has 0 aliphatic rings. The van der Waals surface area contributed by atoms with Crippen LogP contribution in [0.2, 0.25) is 5.02 Å². The third-order valence-corrected chi connectivity index (χ3v) is 5.17. The van der Waals surface area contributed by atoms with Crippen LogP contribution in [0.4, 0.5) is 14.9 Å². The number of carbonyl (C=O) groups excluding carboxylic acids is 1. The number of urea groups is 1. The number of carbonyl (C=O) groups is 1. The quantitative estimate of drug-likeness (QED) is 0.881. The lowest BCUT2D eigenvalue weighted by atomic mass is 10.4. The van der Waals surface area contributed by atoms with Gasteiger partial charge in [0.05, 0.1) is 10.6 Å². The molecule has 1 aromatic heterocycles. The minimum Gasteiger partial charge on any atom is -0.354 e. The van der Waals surface area contributed by atoms with E-state index in [0.29, 0.717) is 20.6 Å². The minimum absolute atomic E-state index is 0.467. The average molecular weight is 359 g/mol. The van der Waals surface area contributed by atoms with Crippen molar-refractivity contribution in [3.8, 4) is 0 Å². The largest absolute Gasteiger partial charge is 0.354 e. The van der Waals surface area contributed by atoms with Crippen molar-refractivity contribution in [1.29, 1.82) is 0 Å². The minimum atomic E-state index is -1.65. The number of hydrogen-bond acceptors (Lipinski definition) is 5. The van der Waals surface area contributed by atoms with Gasteiger partial charge < -0.3 is 4.90 Å². The second-order valence-corrected chi connectivity index (χ2v) is 7.21. The number of benzene rings is 1. The summed E-state index contributed by atoms with van der Waals surface area (Å²) in [7, 11) is 2.09. The number of nitrogens with one attached hydrogen (secondary N) is 2. The summed E-state index contributed by atoms with van der Waals surface area (Å²) in [5.41, 5.74) is 0.709. The Morgan fingerprint density at radius 3 is 2.50 bits per heavy atom. The zero-order valence-electron chi connectivity index (χ0n) is 12.2. The van der Waals surface area contributed by atoms with Gasteiger partial charge >= 0.3 is 6.03 Å². The van der Waals surface area contributed by atoms with E-state index < -0.39 is 17.0 Å². The lowest BCUT2D eigenvalue weighted by Crippen LogP contribution is -2.30. The molecule has 0 aliphatic carbocycles. The first kappa shape index (κ1) is 16.7. The van der Waals surface area contributed by atoms with Crippen LogP contribution in [0, 0.1) is 6.92 Å². The Morgan fingerprint density at radius 1 is 1.32 bits per heavy atom. The van der Waals surface area contributed by atoms with Crippen LogP contribution >= 0.6 is 22.9 Å². The van der Waals surface area contributed by atoms with Crippen molar-refractivity contribution in [2.75, 3.05) is 24.3 Å². The number of nitrogens with zero attached hydrogens (tertiary/aromatic N) is 2. The average Bonchev–Trinajstić information content (AvgIpc) is 2.81. The number of hydrogen-bond donors (Lipinski definition) is 2. The standard InChI is InChI=1S/C13H15ClN4O2S2/c1-8-11(21-13(15-8)18(2)3)16-12(19)17-22(20)10-6-4-9(14)5-7-10/h4-7H,1-3H3,(H2,16,17,19). The van der Waals surface area contributed by atoms with Gasteiger partial charge in [-0.2, -0.15) is 0 Å². The maximum absolute atomic E-state index is 12.0. The van der Waals surface area contributed by atoms with Crippen LogP contribution in [-0.4, -0.2) is 29.3 Å². The van der Waals surface area contributed by atoms with Crippen LogP contribution in [0.5, 0.6) is 0 Å². The van der Waals surface area contributed by atoms with Crippen LogP contribution in [0.1, 0.15) is 5.69 Å². The predicted octanol–water partition coefficient (Wildman–Crippen LogP) is 3.02. The first-order valence-corrected chi connectivity index (χ1v) is 8.61. The van der Waals surface area contributed by atoms with Gasteiger partial charge in [0.2, 0.25) is 0 Å². The van der Waals surface area contributed by atoms with Crippen molar-refractivity contribution in [3.05, 3.63) is 35.0 Å². The second kappa shape index (κ2) is 7.08. The number of amides is 2. The Labute approximate surface area is 140 Å². The maximum atomic E-state index is 12.0. The van der Waals surface area contributed by atoms with E-state index in [1.807, 2.05) is 19.0 Å². The predicted molar refractivity (Wildman–Crippen MR) is 91.2 cm³/mol. The van der Waals surface area contributed by atoms with E-state index in [1.54, 1.807) is 31.2 Å². The van der Waals surface area contributed by atoms with Crippen LogP contribution in [0.25, 0.3) is 0 Å². The van der Waals surface area contributed by atoms with Gasteiger partial charge in [-0.15, -0.1) is 0 Å². The Morgan fingerprint density at radius 2 is 1.95 bits per heavy atom. The zero-order chi connectivity index (χ0) is 16.3. The van der Waals surface area contributed by atoms with Gasteiger partial charge in [-0.1, -0.05) is 22.9 Å². The van der Waals surface area contributed by atoms with Crippen LogP contribution in [-0.2, 0) is 11.0 Å². The van der Waals surface area contributed by atoms with E-state index in [1.165, 1.54) is 11.3 Å². The van der Waals surface area contributed by atoms with Crippen LogP contribution in [0.15, 0.2) is 29.2 Å². The number of thiazole rings is 1. The molecule has 22 heavy (non-hydrogen) atoms. The number of anilines is 2. The summed E-state index contributed by atoms with van der Waals surface area (Å²) >= 11 is 7.11. The normalized spacial score (nSPS) is 11.8. The summed E-state index contributed by atoms with van der Waals surface area (Å²) in [6, 6.07) is 5.88. The molecule has 1 atom stereocenters. The molecular weight excluding hydrogens is 344 g/mol. The molecule has 1 aromatic carbocycles. The Balaban J connectivity index is 2.01. The van der Waals surface area contributed by atoms with Gasteiger partial charge in [0.15, 0.2) is 16.1 Å². The molecule has 2 aromatic rings. The smallest absolute Gasteiger partial charge is 0.331 e. The second-order valence-electron chi connectivity index (χ2n) is 4.58. The molecule has 0 spiro atoms. The molecule has 0 bridgehead atoms. The fraction of sp³-hybridized carbons (Fsp3) is 0.231. The SMILES string of the molecule is Cc1nc(N(C)C)sc1NC(=O)NS(=O)c1ccc(Cl)cc1. The fourth-order valence-electron chi connectivity index (χ4n) is 1.52. The summed E-state index contributed by atoms with van der Waals surface area (Å²) in [4.78, 5) is 18.6. The summed E-state index contributed by atoms with van der Waals surface area (Å²) in [5, 5.41) is 4.60. The lowest BCUT2D eigenvalue weighted by molar-refractivity contribution is 0.257. The Bertz CT molecular complexity index is 701. The summed E-state index contributed by atoms with van der Waals surface area (Å²) in [6.07, 6.45) is 0. The highest BCUT2D eigenvalue weighted by molar-refractivity contribution is 7.83. The summed E-state index contributed by atoms with van der Waals surface area (Å²) in [6.45, 7) is 1.80. The van der Waals surface area contributed by atoms with Crippen LogP contribution < -0.4 is 14.9 Å². The van der Waals surface area contributed by atoms with Crippen molar-refractivity contribution in [1.82, 2.24) is 9.71 Å². The molecule has 118 valence electrons. The van der Waals surface area contributed by atoms with Gasteiger partial charge in [0, 0.05) is 19.1 Å².